The van der Waals surface area contributed by atoms with Crippen molar-refractivity contribution in [3.63, 3.8) is 0 Å². The van der Waals surface area contributed by atoms with E-state index in [-0.39, 0.29) is 5.56 Å². The van der Waals surface area contributed by atoms with Crippen LogP contribution in [0.1, 0.15) is 5.56 Å². The average molecular weight is 370 g/mol. The van der Waals surface area contributed by atoms with Crippen LogP contribution in [0.2, 0.25) is 0 Å². The predicted octanol–water partition coefficient (Wildman–Crippen LogP) is 2.56. The Hall–Kier alpha value is -0.820. The van der Waals surface area contributed by atoms with Crippen molar-refractivity contribution in [2.75, 3.05) is 0 Å². The molecule has 0 N–H and O–H groups in total. The monoisotopic (exact) mass is 370 g/mol. The first-order valence-corrected chi connectivity index (χ1v) is 7.64. The molecule has 0 radical (unpaired) electrons. The van der Waals surface area contributed by atoms with Crippen molar-refractivity contribution < 1.29 is 0 Å². The van der Waals surface area contributed by atoms with Gasteiger partial charge in [0, 0.05) is 22.9 Å². The van der Waals surface area contributed by atoms with Gasteiger partial charge < -0.3 is 0 Å². The molecule has 1 unspecified atom stereocenters. The summed E-state index contributed by atoms with van der Waals surface area (Å²) in [7, 11) is 0. The van der Waals surface area contributed by atoms with E-state index in [0.29, 0.717) is 8.82 Å². The molecule has 2 heterocycles. The minimum Gasteiger partial charge on any atom is -0.297 e. The Morgan fingerprint density at radius 2 is 2.28 bits per heavy atom. The highest BCUT2D eigenvalue weighted by molar-refractivity contribution is 14.1. The van der Waals surface area contributed by atoms with Gasteiger partial charge in [0.25, 0.3) is 5.56 Å². The van der Waals surface area contributed by atoms with Crippen molar-refractivity contribution in [2.45, 2.75) is 23.1 Å². The Balaban J connectivity index is 1.80. The highest BCUT2D eigenvalue weighted by Gasteiger charge is 2.22. The van der Waals surface area contributed by atoms with Crippen LogP contribution in [-0.4, -0.2) is 14.8 Å². The molecule has 92 valence electrons. The lowest BCUT2D eigenvalue weighted by atomic mass is 10.1. The summed E-state index contributed by atoms with van der Waals surface area (Å²) in [6.45, 7) is 0.724. The molecule has 0 bridgehead atoms. The van der Waals surface area contributed by atoms with Gasteiger partial charge in [-0.15, -0.1) is 11.8 Å². The van der Waals surface area contributed by atoms with Gasteiger partial charge in [0.05, 0.1) is 9.90 Å². The van der Waals surface area contributed by atoms with Gasteiger partial charge >= 0.3 is 0 Å². The lowest BCUT2D eigenvalue weighted by Gasteiger charge is -2.10. The van der Waals surface area contributed by atoms with Crippen LogP contribution < -0.4 is 5.56 Å². The summed E-state index contributed by atoms with van der Waals surface area (Å²) < 4.78 is 2.39. The zero-order valence-electron chi connectivity index (χ0n) is 9.54. The van der Waals surface area contributed by atoms with E-state index >= 15 is 0 Å². The number of aromatic nitrogens is 2. The number of fused-ring (bicyclic) bond motifs is 1. The number of hydrogen-bond acceptors (Lipinski definition) is 3. The molecule has 5 heteroatoms. The van der Waals surface area contributed by atoms with E-state index in [1.54, 1.807) is 17.1 Å². The Labute approximate surface area is 123 Å². The molecule has 3 rings (SSSR count). The predicted molar refractivity (Wildman–Crippen MR) is 81.0 cm³/mol. The standard InChI is InChI=1S/C13H11IN2OS/c14-11-6-15-8-16(13(11)17)7-10-5-9-3-1-2-4-12(9)18-10/h1-4,6,8,10H,5,7H2. The summed E-state index contributed by atoms with van der Waals surface area (Å²) >= 11 is 3.89. The molecule has 0 amide bonds. The summed E-state index contributed by atoms with van der Waals surface area (Å²) in [5.74, 6) is 0. The van der Waals surface area contributed by atoms with Crippen molar-refractivity contribution in [3.05, 3.63) is 56.3 Å². The number of hydrogen-bond donors (Lipinski definition) is 0. The number of nitrogens with zero attached hydrogens (tertiary/aromatic N) is 2. The molecule has 1 aliphatic heterocycles. The molecule has 0 fully saturated rings. The maximum absolute atomic E-state index is 11.9. The van der Waals surface area contributed by atoms with Crippen LogP contribution >= 0.6 is 34.4 Å². The smallest absolute Gasteiger partial charge is 0.266 e. The Bertz CT molecular complexity index is 616. The lowest BCUT2D eigenvalue weighted by Crippen LogP contribution is -2.26. The molecule has 3 nitrogen and oxygen atoms in total. The quantitative estimate of drug-likeness (QED) is 0.763. The van der Waals surface area contributed by atoms with Crippen LogP contribution in [0.4, 0.5) is 0 Å². The van der Waals surface area contributed by atoms with Crippen LogP contribution in [0, 0.1) is 3.57 Å². The summed E-state index contributed by atoms with van der Waals surface area (Å²) in [5, 5.41) is 0.431. The second kappa shape index (κ2) is 5.05. The highest BCUT2D eigenvalue weighted by atomic mass is 127. The largest absolute Gasteiger partial charge is 0.297 e. The minimum absolute atomic E-state index is 0.0576. The highest BCUT2D eigenvalue weighted by Crippen LogP contribution is 2.37. The molecule has 0 aliphatic carbocycles. The molecule has 2 aromatic rings. The maximum Gasteiger partial charge on any atom is 0.266 e. The first-order valence-electron chi connectivity index (χ1n) is 5.68. The fraction of sp³-hybridized carbons (Fsp3) is 0.231. The number of halogens is 1. The number of rotatable bonds is 2. The summed E-state index contributed by atoms with van der Waals surface area (Å²) in [4.78, 5) is 17.4. The van der Waals surface area contributed by atoms with Gasteiger partial charge in [0.15, 0.2) is 0 Å². The molecule has 1 aromatic carbocycles. The fourth-order valence-electron chi connectivity index (χ4n) is 2.13. The SMILES string of the molecule is O=c1c(I)cncn1CC1Cc2ccccc2S1. The second-order valence-electron chi connectivity index (χ2n) is 4.25. The van der Waals surface area contributed by atoms with Gasteiger partial charge in [-0.1, -0.05) is 18.2 Å². The van der Waals surface area contributed by atoms with Gasteiger partial charge in [-0.3, -0.25) is 9.36 Å². The van der Waals surface area contributed by atoms with Crippen molar-refractivity contribution >= 4 is 34.4 Å². The zero-order valence-corrected chi connectivity index (χ0v) is 12.5. The summed E-state index contributed by atoms with van der Waals surface area (Å²) in [5.41, 5.74) is 1.45. The molecular formula is C13H11IN2OS. The van der Waals surface area contributed by atoms with Crippen LogP contribution in [0.25, 0.3) is 0 Å². The lowest BCUT2D eigenvalue weighted by molar-refractivity contribution is 0.626. The molecule has 1 aromatic heterocycles. The number of thioether (sulfide) groups is 1. The van der Waals surface area contributed by atoms with E-state index in [2.05, 4.69) is 29.2 Å². The van der Waals surface area contributed by atoms with E-state index in [4.69, 9.17) is 0 Å². The molecular weight excluding hydrogens is 359 g/mol. The fourth-order valence-corrected chi connectivity index (χ4v) is 3.92. The molecule has 18 heavy (non-hydrogen) atoms. The van der Waals surface area contributed by atoms with Crippen LogP contribution in [0.3, 0.4) is 0 Å². The minimum atomic E-state index is 0.0576. The molecule has 1 aliphatic rings. The maximum atomic E-state index is 11.9. The van der Waals surface area contributed by atoms with Crippen LogP contribution in [0.15, 0.2) is 46.5 Å². The van der Waals surface area contributed by atoms with E-state index < -0.39 is 0 Å². The first-order chi connectivity index (χ1) is 8.74. The first kappa shape index (κ1) is 12.2. The van der Waals surface area contributed by atoms with E-state index in [1.165, 1.54) is 10.5 Å². The van der Waals surface area contributed by atoms with Crippen molar-refractivity contribution in [1.82, 2.24) is 9.55 Å². The van der Waals surface area contributed by atoms with Crippen LogP contribution in [-0.2, 0) is 13.0 Å². The van der Waals surface area contributed by atoms with Gasteiger partial charge in [-0.05, 0) is 40.6 Å². The van der Waals surface area contributed by atoms with Crippen LogP contribution in [0.5, 0.6) is 0 Å². The van der Waals surface area contributed by atoms with E-state index in [0.717, 1.165) is 13.0 Å². The number of benzene rings is 1. The third-order valence-corrected chi connectivity index (χ3v) is 5.01. The van der Waals surface area contributed by atoms with Gasteiger partial charge in [-0.2, -0.15) is 0 Å². The Kier molecular flexibility index (Phi) is 3.43. The molecule has 0 spiro atoms. The van der Waals surface area contributed by atoms with E-state index in [9.17, 15) is 4.79 Å². The Morgan fingerprint density at radius 1 is 1.44 bits per heavy atom. The van der Waals surface area contributed by atoms with Gasteiger partial charge in [0.1, 0.15) is 0 Å². The average Bonchev–Trinajstić information content (AvgIpc) is 2.77. The summed E-state index contributed by atoms with van der Waals surface area (Å²) in [6, 6.07) is 8.45. The third-order valence-electron chi connectivity index (χ3n) is 2.97. The topological polar surface area (TPSA) is 34.9 Å². The molecule has 0 saturated carbocycles. The van der Waals surface area contributed by atoms with E-state index in [1.807, 2.05) is 34.4 Å². The van der Waals surface area contributed by atoms with Crippen molar-refractivity contribution in [1.29, 1.82) is 0 Å². The molecule has 0 saturated heterocycles. The normalized spacial score (nSPS) is 17.7. The molecule has 1 atom stereocenters. The Morgan fingerprint density at radius 3 is 3.11 bits per heavy atom. The van der Waals surface area contributed by atoms with Gasteiger partial charge in [0.2, 0.25) is 0 Å². The zero-order chi connectivity index (χ0) is 12.5. The summed E-state index contributed by atoms with van der Waals surface area (Å²) in [6.07, 6.45) is 4.27. The second-order valence-corrected chi connectivity index (χ2v) is 6.76. The third kappa shape index (κ3) is 2.33. The van der Waals surface area contributed by atoms with Crippen molar-refractivity contribution in [2.24, 2.45) is 0 Å². The van der Waals surface area contributed by atoms with Gasteiger partial charge in [-0.25, -0.2) is 4.98 Å². The van der Waals surface area contributed by atoms with Crippen molar-refractivity contribution in [3.8, 4) is 0 Å².